The van der Waals surface area contributed by atoms with Crippen LogP contribution in [0.15, 0.2) is 30.5 Å². The fourth-order valence-electron chi connectivity index (χ4n) is 1.87. The molecule has 0 atom stereocenters. The van der Waals surface area contributed by atoms with Crippen LogP contribution in [0.4, 0.5) is 0 Å². The zero-order valence-corrected chi connectivity index (χ0v) is 11.4. The van der Waals surface area contributed by atoms with Crippen molar-refractivity contribution >= 4 is 17.4 Å². The average molecular weight is 260 g/mol. The Labute approximate surface area is 112 Å². The maximum absolute atomic E-state index is 12.4. The Morgan fingerprint density at radius 2 is 1.72 bits per heavy atom. The van der Waals surface area contributed by atoms with Crippen LogP contribution < -0.4 is 0 Å². The molecule has 0 aliphatic heterocycles. The van der Waals surface area contributed by atoms with Gasteiger partial charge in [-0.25, -0.2) is 4.98 Å². The van der Waals surface area contributed by atoms with Gasteiger partial charge in [0.15, 0.2) is 5.78 Å². The van der Waals surface area contributed by atoms with Gasteiger partial charge in [0.25, 0.3) is 0 Å². The molecular weight excluding hydrogens is 246 g/mol. The number of rotatable bonds is 2. The average Bonchev–Trinajstić information content (AvgIpc) is 2.34. The van der Waals surface area contributed by atoms with E-state index in [1.54, 1.807) is 12.1 Å². The molecule has 1 heterocycles. The molecule has 0 radical (unpaired) electrons. The van der Waals surface area contributed by atoms with E-state index < -0.39 is 0 Å². The van der Waals surface area contributed by atoms with Crippen molar-refractivity contribution in [2.24, 2.45) is 0 Å². The monoisotopic (exact) mass is 259 g/mol. The van der Waals surface area contributed by atoms with Crippen molar-refractivity contribution in [3.8, 4) is 0 Å². The van der Waals surface area contributed by atoms with E-state index in [9.17, 15) is 4.79 Å². The van der Waals surface area contributed by atoms with Crippen molar-refractivity contribution in [3.63, 3.8) is 0 Å². The third-order valence-corrected chi connectivity index (χ3v) is 3.30. The summed E-state index contributed by atoms with van der Waals surface area (Å²) >= 11 is 5.72. The molecule has 0 saturated heterocycles. The summed E-state index contributed by atoms with van der Waals surface area (Å²) in [5.41, 5.74) is 4.58. The van der Waals surface area contributed by atoms with Gasteiger partial charge in [0.2, 0.25) is 0 Å². The summed E-state index contributed by atoms with van der Waals surface area (Å²) in [6.07, 6.45) is 1.51. The number of hydrogen-bond donors (Lipinski definition) is 0. The van der Waals surface area contributed by atoms with Gasteiger partial charge in [-0.05, 0) is 55.7 Å². The molecule has 2 nitrogen and oxygen atoms in total. The van der Waals surface area contributed by atoms with E-state index in [0.717, 1.165) is 16.7 Å². The van der Waals surface area contributed by atoms with Gasteiger partial charge in [-0.2, -0.15) is 0 Å². The van der Waals surface area contributed by atoms with Gasteiger partial charge in [0, 0.05) is 17.3 Å². The molecule has 0 unspecified atom stereocenters. The van der Waals surface area contributed by atoms with Crippen LogP contribution in [0.2, 0.25) is 5.15 Å². The van der Waals surface area contributed by atoms with Crippen molar-refractivity contribution in [2.75, 3.05) is 0 Å². The fraction of sp³-hybridized carbons (Fsp3) is 0.200. The van der Waals surface area contributed by atoms with Crippen LogP contribution in [0.25, 0.3) is 0 Å². The highest BCUT2D eigenvalue weighted by Gasteiger charge is 2.13. The van der Waals surface area contributed by atoms with Crippen LogP contribution in [0.3, 0.4) is 0 Å². The first kappa shape index (κ1) is 12.8. The van der Waals surface area contributed by atoms with E-state index in [1.165, 1.54) is 11.8 Å². The topological polar surface area (TPSA) is 30.0 Å². The highest BCUT2D eigenvalue weighted by Crippen LogP contribution is 2.19. The Bertz CT molecular complexity index is 603. The second-order valence-electron chi connectivity index (χ2n) is 4.45. The van der Waals surface area contributed by atoms with Crippen LogP contribution in [0, 0.1) is 20.8 Å². The predicted octanol–water partition coefficient (Wildman–Crippen LogP) is 3.89. The number of halogens is 1. The van der Waals surface area contributed by atoms with Crippen molar-refractivity contribution in [3.05, 3.63) is 63.4 Å². The molecule has 0 bridgehead atoms. The van der Waals surface area contributed by atoms with Crippen molar-refractivity contribution < 1.29 is 4.79 Å². The van der Waals surface area contributed by atoms with Crippen LogP contribution in [0.1, 0.15) is 32.6 Å². The van der Waals surface area contributed by atoms with Crippen LogP contribution in [-0.2, 0) is 0 Å². The van der Waals surface area contributed by atoms with Gasteiger partial charge < -0.3 is 0 Å². The molecule has 2 aromatic rings. The zero-order chi connectivity index (χ0) is 13.3. The fourth-order valence-corrected chi connectivity index (χ4v) is 1.98. The number of carbonyl (C=O) groups is 1. The summed E-state index contributed by atoms with van der Waals surface area (Å²) in [4.78, 5) is 16.3. The Balaban J connectivity index is 2.46. The Morgan fingerprint density at radius 1 is 1.06 bits per heavy atom. The van der Waals surface area contributed by atoms with Gasteiger partial charge in [-0.1, -0.05) is 17.7 Å². The maximum atomic E-state index is 12.4. The smallest absolute Gasteiger partial charge is 0.194 e. The number of aryl methyl sites for hydroxylation is 3. The largest absolute Gasteiger partial charge is 0.289 e. The van der Waals surface area contributed by atoms with Crippen LogP contribution in [-0.4, -0.2) is 10.8 Å². The number of pyridine rings is 1. The first-order valence-corrected chi connectivity index (χ1v) is 6.11. The summed E-state index contributed by atoms with van der Waals surface area (Å²) in [5, 5.41) is 0.392. The minimum atomic E-state index is -0.0141. The molecule has 1 aromatic carbocycles. The summed E-state index contributed by atoms with van der Waals surface area (Å²) in [6, 6.07) is 7.30. The lowest BCUT2D eigenvalue weighted by Crippen LogP contribution is -2.05. The highest BCUT2D eigenvalue weighted by atomic mass is 35.5. The Hall–Kier alpha value is -1.67. The first-order valence-electron chi connectivity index (χ1n) is 5.73. The Kier molecular flexibility index (Phi) is 3.48. The summed E-state index contributed by atoms with van der Waals surface area (Å²) in [7, 11) is 0. The Morgan fingerprint density at radius 3 is 2.33 bits per heavy atom. The molecule has 0 fully saturated rings. The van der Waals surface area contributed by atoms with E-state index in [2.05, 4.69) is 4.98 Å². The lowest BCUT2D eigenvalue weighted by molar-refractivity contribution is 0.103. The number of benzene rings is 1. The maximum Gasteiger partial charge on any atom is 0.194 e. The normalized spacial score (nSPS) is 10.4. The molecule has 0 N–H and O–H groups in total. The van der Waals surface area contributed by atoms with E-state index in [-0.39, 0.29) is 5.78 Å². The summed E-state index contributed by atoms with van der Waals surface area (Å²) in [5.74, 6) is -0.0141. The molecule has 0 aliphatic carbocycles. The van der Waals surface area contributed by atoms with Gasteiger partial charge in [-0.15, -0.1) is 0 Å². The zero-order valence-electron chi connectivity index (χ0n) is 10.6. The van der Waals surface area contributed by atoms with E-state index >= 15 is 0 Å². The van der Waals surface area contributed by atoms with Gasteiger partial charge in [-0.3, -0.25) is 4.79 Å². The molecule has 3 heteroatoms. The second kappa shape index (κ2) is 4.91. The lowest BCUT2D eigenvalue weighted by Gasteiger charge is -2.08. The molecule has 2 rings (SSSR count). The number of hydrogen-bond acceptors (Lipinski definition) is 2. The van der Waals surface area contributed by atoms with Crippen molar-refractivity contribution in [2.45, 2.75) is 20.8 Å². The van der Waals surface area contributed by atoms with E-state index in [0.29, 0.717) is 10.7 Å². The number of carbonyl (C=O) groups excluding carboxylic acids is 1. The molecule has 0 aliphatic rings. The first-order chi connectivity index (χ1) is 8.49. The van der Waals surface area contributed by atoms with Crippen molar-refractivity contribution in [1.29, 1.82) is 0 Å². The predicted molar refractivity (Wildman–Crippen MR) is 73.3 cm³/mol. The molecule has 18 heavy (non-hydrogen) atoms. The summed E-state index contributed by atoms with van der Waals surface area (Å²) < 4.78 is 0. The summed E-state index contributed by atoms with van der Waals surface area (Å²) in [6.45, 7) is 6.00. The minimum absolute atomic E-state index is 0.0141. The van der Waals surface area contributed by atoms with Gasteiger partial charge >= 0.3 is 0 Å². The lowest BCUT2D eigenvalue weighted by atomic mass is 9.95. The standard InChI is InChI=1S/C15H14ClNO/c1-9-6-11(3)13(7-10(9)2)15(18)12-4-5-14(16)17-8-12/h4-8H,1-3H3. The molecular formula is C15H14ClNO. The number of aromatic nitrogens is 1. The molecule has 92 valence electrons. The molecule has 0 spiro atoms. The third kappa shape index (κ3) is 2.44. The second-order valence-corrected chi connectivity index (χ2v) is 4.84. The van der Waals surface area contributed by atoms with E-state index in [1.807, 2.05) is 32.9 Å². The quantitative estimate of drug-likeness (QED) is 0.605. The molecule has 0 saturated carbocycles. The molecule has 0 amide bonds. The van der Waals surface area contributed by atoms with Gasteiger partial charge in [0.1, 0.15) is 5.15 Å². The minimum Gasteiger partial charge on any atom is -0.289 e. The third-order valence-electron chi connectivity index (χ3n) is 3.07. The van der Waals surface area contributed by atoms with E-state index in [4.69, 9.17) is 11.6 Å². The number of nitrogens with zero attached hydrogens (tertiary/aromatic N) is 1. The SMILES string of the molecule is Cc1cc(C)c(C(=O)c2ccc(Cl)nc2)cc1C. The number of ketones is 1. The van der Waals surface area contributed by atoms with Crippen molar-refractivity contribution in [1.82, 2.24) is 4.98 Å². The van der Waals surface area contributed by atoms with Crippen LogP contribution >= 0.6 is 11.6 Å². The van der Waals surface area contributed by atoms with Crippen LogP contribution in [0.5, 0.6) is 0 Å². The van der Waals surface area contributed by atoms with Gasteiger partial charge in [0.05, 0.1) is 0 Å². The molecule has 1 aromatic heterocycles. The highest BCUT2D eigenvalue weighted by molar-refractivity contribution is 6.29.